The van der Waals surface area contributed by atoms with Gasteiger partial charge in [0.1, 0.15) is 0 Å². The Kier molecular flexibility index (Phi) is 3.06. The van der Waals surface area contributed by atoms with Crippen molar-refractivity contribution in [1.82, 2.24) is 9.80 Å². The van der Waals surface area contributed by atoms with Crippen molar-refractivity contribution in [3.8, 4) is 0 Å². The van der Waals surface area contributed by atoms with E-state index >= 15 is 0 Å². The molecule has 4 rings (SSSR count). The third kappa shape index (κ3) is 2.06. The maximum absolute atomic E-state index is 12.2. The molecule has 3 fully saturated rings. The van der Waals surface area contributed by atoms with Crippen LogP contribution in [0, 0.1) is 11.8 Å². The summed E-state index contributed by atoms with van der Waals surface area (Å²) in [7, 11) is 0. The third-order valence-corrected chi connectivity index (χ3v) is 5.50. The Labute approximate surface area is 119 Å². The summed E-state index contributed by atoms with van der Waals surface area (Å²) in [5.41, 5.74) is 0. The van der Waals surface area contributed by atoms with Crippen molar-refractivity contribution in [2.75, 3.05) is 26.2 Å². The van der Waals surface area contributed by atoms with Crippen LogP contribution in [0.25, 0.3) is 0 Å². The fourth-order valence-corrected chi connectivity index (χ4v) is 4.47. The van der Waals surface area contributed by atoms with Crippen LogP contribution in [0.5, 0.6) is 0 Å². The van der Waals surface area contributed by atoms with E-state index in [1.54, 1.807) is 18.4 Å². The first kappa shape index (κ1) is 12.5. The Morgan fingerprint density at radius 2 is 2.00 bits per heavy atom. The maximum Gasteiger partial charge on any atom is 0.289 e. The summed E-state index contributed by atoms with van der Waals surface area (Å²) >= 11 is 0. The quantitative estimate of drug-likeness (QED) is 0.830. The molecule has 2 saturated carbocycles. The van der Waals surface area contributed by atoms with E-state index in [0.717, 1.165) is 44.1 Å². The molecule has 0 spiro atoms. The Balaban J connectivity index is 1.35. The second-order valence-electron chi connectivity index (χ2n) is 6.55. The van der Waals surface area contributed by atoms with Crippen molar-refractivity contribution in [3.63, 3.8) is 0 Å². The van der Waals surface area contributed by atoms with Gasteiger partial charge in [-0.25, -0.2) is 0 Å². The molecule has 0 N–H and O–H groups in total. The molecule has 2 aliphatic carbocycles. The maximum atomic E-state index is 12.2. The van der Waals surface area contributed by atoms with E-state index in [4.69, 9.17) is 4.42 Å². The minimum Gasteiger partial charge on any atom is -0.459 e. The van der Waals surface area contributed by atoms with Crippen LogP contribution in [0.15, 0.2) is 22.8 Å². The predicted octanol–water partition coefficient (Wildman–Crippen LogP) is 2.23. The number of carbonyl (C=O) groups excluding carboxylic acids is 1. The lowest BCUT2D eigenvalue weighted by molar-refractivity contribution is 0.0471. The van der Waals surface area contributed by atoms with Gasteiger partial charge in [-0.05, 0) is 43.2 Å². The van der Waals surface area contributed by atoms with Gasteiger partial charge in [-0.1, -0.05) is 6.42 Å². The molecule has 3 aliphatic rings. The zero-order valence-corrected chi connectivity index (χ0v) is 11.8. The van der Waals surface area contributed by atoms with Crippen molar-refractivity contribution < 1.29 is 9.21 Å². The van der Waals surface area contributed by atoms with Gasteiger partial charge in [0.15, 0.2) is 5.76 Å². The number of furan rings is 1. The van der Waals surface area contributed by atoms with Crippen LogP contribution >= 0.6 is 0 Å². The lowest BCUT2D eigenvalue weighted by atomic mass is 9.93. The molecular weight excluding hydrogens is 252 g/mol. The number of amides is 1. The van der Waals surface area contributed by atoms with Gasteiger partial charge in [-0.3, -0.25) is 9.69 Å². The van der Waals surface area contributed by atoms with Gasteiger partial charge in [0.05, 0.1) is 6.26 Å². The lowest BCUT2D eigenvalue weighted by Crippen LogP contribution is -2.53. The van der Waals surface area contributed by atoms with E-state index in [1.165, 1.54) is 25.7 Å². The zero-order valence-electron chi connectivity index (χ0n) is 11.8. The first-order chi connectivity index (χ1) is 9.81. The van der Waals surface area contributed by atoms with Crippen LogP contribution in [0.2, 0.25) is 0 Å². The second-order valence-corrected chi connectivity index (χ2v) is 6.55. The van der Waals surface area contributed by atoms with E-state index < -0.39 is 0 Å². The molecule has 4 heteroatoms. The van der Waals surface area contributed by atoms with Crippen LogP contribution in [0.4, 0.5) is 0 Å². The number of fused-ring (bicyclic) bond motifs is 2. The first-order valence-corrected chi connectivity index (χ1v) is 7.88. The van der Waals surface area contributed by atoms with E-state index in [2.05, 4.69) is 4.90 Å². The molecule has 1 saturated heterocycles. The Bertz CT molecular complexity index is 477. The van der Waals surface area contributed by atoms with Gasteiger partial charge >= 0.3 is 0 Å². The van der Waals surface area contributed by atoms with E-state index in [-0.39, 0.29) is 5.91 Å². The van der Waals surface area contributed by atoms with Gasteiger partial charge in [-0.2, -0.15) is 0 Å². The van der Waals surface area contributed by atoms with Crippen molar-refractivity contribution in [2.24, 2.45) is 11.8 Å². The summed E-state index contributed by atoms with van der Waals surface area (Å²) in [6.45, 7) is 3.74. The Hall–Kier alpha value is -1.29. The van der Waals surface area contributed by atoms with E-state index in [0.29, 0.717) is 5.76 Å². The Morgan fingerprint density at radius 3 is 2.60 bits per heavy atom. The van der Waals surface area contributed by atoms with Crippen LogP contribution in [-0.2, 0) is 0 Å². The van der Waals surface area contributed by atoms with Crippen LogP contribution in [0.3, 0.4) is 0 Å². The molecule has 3 atom stereocenters. The van der Waals surface area contributed by atoms with Crippen molar-refractivity contribution >= 4 is 5.91 Å². The topological polar surface area (TPSA) is 36.7 Å². The molecule has 2 bridgehead atoms. The molecule has 1 aliphatic heterocycles. The fraction of sp³-hybridized carbons (Fsp3) is 0.688. The van der Waals surface area contributed by atoms with Gasteiger partial charge in [-0.15, -0.1) is 0 Å². The van der Waals surface area contributed by atoms with Gasteiger partial charge < -0.3 is 9.32 Å². The highest BCUT2D eigenvalue weighted by atomic mass is 16.3. The monoisotopic (exact) mass is 274 g/mol. The number of hydrogen-bond acceptors (Lipinski definition) is 3. The molecule has 1 aromatic heterocycles. The summed E-state index contributed by atoms with van der Waals surface area (Å²) < 4.78 is 5.21. The summed E-state index contributed by atoms with van der Waals surface area (Å²) in [6, 6.07) is 4.33. The fourth-order valence-electron chi connectivity index (χ4n) is 4.47. The molecule has 4 nitrogen and oxygen atoms in total. The van der Waals surface area contributed by atoms with Gasteiger partial charge in [0.2, 0.25) is 0 Å². The van der Waals surface area contributed by atoms with Crippen LogP contribution in [-0.4, -0.2) is 47.9 Å². The number of piperazine rings is 1. The minimum atomic E-state index is 0.0441. The second kappa shape index (κ2) is 4.92. The number of hydrogen-bond donors (Lipinski definition) is 0. The summed E-state index contributed by atoms with van der Waals surface area (Å²) in [5.74, 6) is 2.45. The zero-order chi connectivity index (χ0) is 13.5. The predicted molar refractivity (Wildman–Crippen MR) is 75.4 cm³/mol. The molecule has 20 heavy (non-hydrogen) atoms. The number of carbonyl (C=O) groups is 1. The normalized spacial score (nSPS) is 33.8. The summed E-state index contributed by atoms with van der Waals surface area (Å²) in [6.07, 6.45) is 7.31. The standard InChI is InChI=1S/C16H22N2O2/c19-16(15-2-1-9-20-15)18-7-5-17(6-8-18)14-11-12-3-4-13(14)10-12/h1-2,9,12-14H,3-8,10-11H2/t12-,13-,14-/m0/s1. The lowest BCUT2D eigenvalue weighted by Gasteiger charge is -2.40. The van der Waals surface area contributed by atoms with E-state index in [1.807, 2.05) is 4.90 Å². The molecule has 1 aromatic rings. The van der Waals surface area contributed by atoms with Crippen LogP contribution < -0.4 is 0 Å². The molecule has 0 aromatic carbocycles. The number of rotatable bonds is 2. The smallest absolute Gasteiger partial charge is 0.289 e. The van der Waals surface area contributed by atoms with E-state index in [9.17, 15) is 4.79 Å². The highest BCUT2D eigenvalue weighted by Crippen LogP contribution is 2.46. The molecule has 0 unspecified atom stereocenters. The highest BCUT2D eigenvalue weighted by Gasteiger charge is 2.43. The first-order valence-electron chi connectivity index (χ1n) is 7.88. The van der Waals surface area contributed by atoms with Crippen molar-refractivity contribution in [2.45, 2.75) is 31.7 Å². The average Bonchev–Trinajstić information content (AvgIpc) is 3.23. The molecule has 1 amide bonds. The van der Waals surface area contributed by atoms with Crippen molar-refractivity contribution in [1.29, 1.82) is 0 Å². The average molecular weight is 274 g/mol. The third-order valence-electron chi connectivity index (χ3n) is 5.50. The number of nitrogens with zero attached hydrogens (tertiary/aromatic N) is 2. The molecule has 0 radical (unpaired) electrons. The molecule has 108 valence electrons. The Morgan fingerprint density at radius 1 is 1.15 bits per heavy atom. The molecule has 2 heterocycles. The summed E-state index contributed by atoms with van der Waals surface area (Å²) in [4.78, 5) is 16.8. The van der Waals surface area contributed by atoms with Crippen molar-refractivity contribution in [3.05, 3.63) is 24.2 Å². The summed E-state index contributed by atoms with van der Waals surface area (Å²) in [5, 5.41) is 0. The largest absolute Gasteiger partial charge is 0.459 e. The SMILES string of the molecule is O=C(c1ccco1)N1CCN([C@H]2C[C@H]3CC[C@H]2C3)CC1. The van der Waals surface area contributed by atoms with Crippen LogP contribution in [0.1, 0.15) is 36.2 Å². The van der Waals surface area contributed by atoms with Gasteiger partial charge in [0, 0.05) is 32.2 Å². The molecular formula is C16H22N2O2. The minimum absolute atomic E-state index is 0.0441. The highest BCUT2D eigenvalue weighted by molar-refractivity contribution is 5.91. The van der Waals surface area contributed by atoms with Gasteiger partial charge in [0.25, 0.3) is 5.91 Å².